The number of carbonyl (C=O) groups excluding carboxylic acids is 1. The molecule has 0 atom stereocenters. The van der Waals surface area contributed by atoms with Crippen LogP contribution in [0.25, 0.3) is 5.82 Å². The van der Waals surface area contributed by atoms with Crippen LogP contribution in [-0.2, 0) is 6.54 Å². The maximum absolute atomic E-state index is 12.8. The number of hydrogen-bond acceptors (Lipinski definition) is 4. The highest BCUT2D eigenvalue weighted by Gasteiger charge is 2.03. The molecule has 0 bridgehead atoms. The van der Waals surface area contributed by atoms with Gasteiger partial charge in [0.05, 0.1) is 11.9 Å². The number of benzene rings is 1. The van der Waals surface area contributed by atoms with E-state index >= 15 is 0 Å². The van der Waals surface area contributed by atoms with Gasteiger partial charge in [0.25, 0.3) is 0 Å². The number of halogens is 1. The lowest BCUT2D eigenvalue weighted by molar-refractivity contribution is 0.251. The third-order valence-corrected chi connectivity index (χ3v) is 3.06. The maximum atomic E-state index is 12.8. The first kappa shape index (κ1) is 14.6. The molecule has 0 saturated heterocycles. The zero-order valence-electron chi connectivity index (χ0n) is 12.0. The van der Waals surface area contributed by atoms with Crippen LogP contribution in [0.1, 0.15) is 5.56 Å². The number of anilines is 1. The van der Waals surface area contributed by atoms with Gasteiger partial charge in [0.1, 0.15) is 24.3 Å². The van der Waals surface area contributed by atoms with Crippen LogP contribution in [0.4, 0.5) is 14.9 Å². The fourth-order valence-corrected chi connectivity index (χ4v) is 1.89. The molecular weight excluding hydrogens is 299 g/mol. The first-order chi connectivity index (χ1) is 11.2. The van der Waals surface area contributed by atoms with Crippen LogP contribution < -0.4 is 10.6 Å². The summed E-state index contributed by atoms with van der Waals surface area (Å²) < 4.78 is 14.4. The number of nitrogens with zero attached hydrogens (tertiary/aromatic N) is 4. The Bertz CT molecular complexity index is 771. The molecule has 2 amide bonds. The van der Waals surface area contributed by atoms with Crippen molar-refractivity contribution in [3.63, 3.8) is 0 Å². The number of amides is 2. The van der Waals surface area contributed by atoms with Gasteiger partial charge in [-0.15, -0.1) is 10.2 Å². The van der Waals surface area contributed by atoms with Crippen LogP contribution in [-0.4, -0.2) is 25.8 Å². The van der Waals surface area contributed by atoms with Crippen LogP contribution in [0.2, 0.25) is 0 Å². The minimum atomic E-state index is -0.367. The second-order valence-electron chi connectivity index (χ2n) is 4.71. The van der Waals surface area contributed by atoms with E-state index in [0.717, 1.165) is 5.56 Å². The van der Waals surface area contributed by atoms with Crippen molar-refractivity contribution >= 4 is 11.7 Å². The summed E-state index contributed by atoms with van der Waals surface area (Å²) in [6.07, 6.45) is 4.60. The molecule has 8 heteroatoms. The second kappa shape index (κ2) is 6.65. The second-order valence-corrected chi connectivity index (χ2v) is 4.71. The van der Waals surface area contributed by atoms with E-state index < -0.39 is 0 Å². The Balaban J connectivity index is 1.54. The molecule has 0 spiro atoms. The van der Waals surface area contributed by atoms with Crippen LogP contribution in [0.5, 0.6) is 0 Å². The Hall–Kier alpha value is -3.29. The van der Waals surface area contributed by atoms with E-state index in [0.29, 0.717) is 18.1 Å². The first-order valence-electron chi connectivity index (χ1n) is 6.81. The van der Waals surface area contributed by atoms with Crippen molar-refractivity contribution in [2.24, 2.45) is 0 Å². The highest BCUT2D eigenvalue weighted by atomic mass is 19.1. The number of urea groups is 1. The summed E-state index contributed by atoms with van der Waals surface area (Å²) in [4.78, 5) is 16.0. The molecule has 0 unspecified atom stereocenters. The summed E-state index contributed by atoms with van der Waals surface area (Å²) in [7, 11) is 0. The summed E-state index contributed by atoms with van der Waals surface area (Å²) in [6.45, 7) is 0.304. The molecule has 0 saturated carbocycles. The highest BCUT2D eigenvalue weighted by Crippen LogP contribution is 2.09. The quantitative estimate of drug-likeness (QED) is 0.773. The number of rotatable bonds is 4. The Labute approximate surface area is 131 Å². The Morgan fingerprint density at radius 1 is 1.09 bits per heavy atom. The predicted octanol–water partition coefficient (Wildman–Crippen LogP) is 2.12. The molecule has 0 aliphatic rings. The van der Waals surface area contributed by atoms with Gasteiger partial charge in [-0.25, -0.2) is 14.2 Å². The summed E-state index contributed by atoms with van der Waals surface area (Å²) >= 11 is 0. The topological polar surface area (TPSA) is 84.7 Å². The van der Waals surface area contributed by atoms with Crippen LogP contribution >= 0.6 is 0 Å². The minimum absolute atomic E-state index is 0.304. The minimum Gasteiger partial charge on any atom is -0.334 e. The molecule has 0 aliphatic carbocycles. The van der Waals surface area contributed by atoms with Gasteiger partial charge in [0, 0.05) is 6.54 Å². The van der Waals surface area contributed by atoms with Gasteiger partial charge in [-0.1, -0.05) is 12.1 Å². The molecule has 2 N–H and O–H groups in total. The molecule has 0 radical (unpaired) electrons. The number of carbonyl (C=O) groups is 1. The van der Waals surface area contributed by atoms with Crippen molar-refractivity contribution in [2.75, 3.05) is 5.32 Å². The molecule has 116 valence electrons. The van der Waals surface area contributed by atoms with Crippen molar-refractivity contribution in [3.05, 3.63) is 66.6 Å². The molecule has 3 rings (SSSR count). The van der Waals surface area contributed by atoms with Crippen molar-refractivity contribution in [1.29, 1.82) is 0 Å². The molecule has 2 aromatic heterocycles. The number of aromatic nitrogens is 4. The molecule has 3 aromatic rings. The van der Waals surface area contributed by atoms with E-state index in [1.54, 1.807) is 28.8 Å². The fraction of sp³-hybridized carbons (Fsp3) is 0.0667. The van der Waals surface area contributed by atoms with E-state index in [1.165, 1.54) is 31.0 Å². The van der Waals surface area contributed by atoms with Crippen molar-refractivity contribution < 1.29 is 9.18 Å². The molecule has 7 nitrogen and oxygen atoms in total. The maximum Gasteiger partial charge on any atom is 0.319 e. The molecule has 0 fully saturated rings. The summed E-state index contributed by atoms with van der Waals surface area (Å²) in [6, 6.07) is 9.02. The van der Waals surface area contributed by atoms with Crippen LogP contribution in [0, 0.1) is 5.82 Å². The average molecular weight is 312 g/mol. The molecule has 2 heterocycles. The van der Waals surface area contributed by atoms with Gasteiger partial charge >= 0.3 is 6.03 Å². The van der Waals surface area contributed by atoms with E-state index in [9.17, 15) is 9.18 Å². The van der Waals surface area contributed by atoms with Gasteiger partial charge in [-0.05, 0) is 29.8 Å². The zero-order chi connectivity index (χ0) is 16.1. The standard InChI is InChI=1S/C15H13FN6O/c16-12-3-1-11(2-4-12)7-18-15(23)21-13-5-6-14(17-8-13)22-9-19-20-10-22/h1-6,8-10H,7H2,(H2,18,21,23). The van der Waals surface area contributed by atoms with Gasteiger partial charge in [0.15, 0.2) is 0 Å². The van der Waals surface area contributed by atoms with Crippen molar-refractivity contribution in [2.45, 2.75) is 6.54 Å². The average Bonchev–Trinajstić information content (AvgIpc) is 3.09. The summed E-state index contributed by atoms with van der Waals surface area (Å²) in [5, 5.41) is 12.7. The zero-order valence-corrected chi connectivity index (χ0v) is 12.0. The Morgan fingerprint density at radius 3 is 2.48 bits per heavy atom. The number of hydrogen-bond donors (Lipinski definition) is 2. The normalized spacial score (nSPS) is 10.3. The van der Waals surface area contributed by atoms with Crippen LogP contribution in [0.3, 0.4) is 0 Å². The lowest BCUT2D eigenvalue weighted by Crippen LogP contribution is -2.28. The molecule has 0 aliphatic heterocycles. The third-order valence-electron chi connectivity index (χ3n) is 3.06. The lowest BCUT2D eigenvalue weighted by atomic mass is 10.2. The fourth-order valence-electron chi connectivity index (χ4n) is 1.89. The van der Waals surface area contributed by atoms with Crippen molar-refractivity contribution in [3.8, 4) is 5.82 Å². The van der Waals surface area contributed by atoms with Crippen molar-refractivity contribution in [1.82, 2.24) is 25.1 Å². The van der Waals surface area contributed by atoms with Gasteiger partial charge < -0.3 is 10.6 Å². The molecule has 23 heavy (non-hydrogen) atoms. The first-order valence-corrected chi connectivity index (χ1v) is 6.81. The number of pyridine rings is 1. The number of nitrogens with one attached hydrogen (secondary N) is 2. The van der Waals surface area contributed by atoms with E-state index in [-0.39, 0.29) is 11.8 Å². The molecule has 1 aromatic carbocycles. The van der Waals surface area contributed by atoms with Gasteiger partial charge in [-0.3, -0.25) is 4.57 Å². The van der Waals surface area contributed by atoms with Gasteiger partial charge in [-0.2, -0.15) is 0 Å². The molecular formula is C15H13FN6O. The smallest absolute Gasteiger partial charge is 0.319 e. The Kier molecular flexibility index (Phi) is 4.23. The van der Waals surface area contributed by atoms with Gasteiger partial charge in [0.2, 0.25) is 0 Å². The lowest BCUT2D eigenvalue weighted by Gasteiger charge is -2.08. The van der Waals surface area contributed by atoms with E-state index in [4.69, 9.17) is 0 Å². The summed E-state index contributed by atoms with van der Waals surface area (Å²) in [5.74, 6) is 0.338. The Morgan fingerprint density at radius 2 is 1.83 bits per heavy atom. The predicted molar refractivity (Wildman–Crippen MR) is 81.4 cm³/mol. The monoisotopic (exact) mass is 312 g/mol. The van der Waals surface area contributed by atoms with Crippen LogP contribution in [0.15, 0.2) is 55.2 Å². The third kappa shape index (κ3) is 3.88. The van der Waals surface area contributed by atoms with E-state index in [2.05, 4.69) is 25.8 Å². The SMILES string of the molecule is O=C(NCc1ccc(F)cc1)Nc1ccc(-n2cnnc2)nc1. The summed E-state index contributed by atoms with van der Waals surface area (Å²) in [5.41, 5.74) is 1.36. The largest absolute Gasteiger partial charge is 0.334 e. The highest BCUT2D eigenvalue weighted by molar-refractivity contribution is 5.89. The van der Waals surface area contributed by atoms with E-state index in [1.807, 2.05) is 0 Å².